The normalized spacial score (nSPS) is 19.6. The lowest BCUT2D eigenvalue weighted by Crippen LogP contribution is -2.48. The van der Waals surface area contributed by atoms with Crippen molar-refractivity contribution in [3.05, 3.63) is 23.9 Å². The Balaban J connectivity index is 0.00000280. The van der Waals surface area contributed by atoms with E-state index < -0.39 is 0 Å². The van der Waals surface area contributed by atoms with Crippen LogP contribution in [0.5, 0.6) is 5.88 Å². The lowest BCUT2D eigenvalue weighted by atomic mass is 9.98. The Bertz CT molecular complexity index is 649. The first-order valence-corrected chi connectivity index (χ1v) is 9.89. The Morgan fingerprint density at radius 3 is 2.82 bits per heavy atom. The fraction of sp³-hybridized carbons (Fsp3) is 0.650. The Morgan fingerprint density at radius 2 is 2.18 bits per heavy atom. The van der Waals surface area contributed by atoms with Crippen LogP contribution < -0.4 is 10.1 Å². The van der Waals surface area contributed by atoms with Crippen LogP contribution in [0.25, 0.3) is 0 Å². The molecule has 1 saturated carbocycles. The van der Waals surface area contributed by atoms with Crippen LogP contribution in [0.4, 0.5) is 0 Å². The zero-order chi connectivity index (χ0) is 19.1. The van der Waals surface area contributed by atoms with Gasteiger partial charge in [0.05, 0.1) is 19.1 Å². The highest BCUT2D eigenvalue weighted by Gasteiger charge is 2.28. The van der Waals surface area contributed by atoms with Gasteiger partial charge in [-0.1, -0.05) is 6.07 Å². The number of hydrogen-bond acceptors (Lipinski definition) is 5. The van der Waals surface area contributed by atoms with Gasteiger partial charge in [-0.3, -0.25) is 9.79 Å². The van der Waals surface area contributed by atoms with Crippen molar-refractivity contribution in [1.82, 2.24) is 15.2 Å². The number of aromatic nitrogens is 1. The summed E-state index contributed by atoms with van der Waals surface area (Å²) in [5.74, 6) is 2.02. The SMILES string of the molecule is CCOC(=O)C1CCCN(C(=NC)NCc2ccc(OCC3CC3)nc2)C1.I. The molecule has 1 aromatic heterocycles. The van der Waals surface area contributed by atoms with E-state index in [9.17, 15) is 4.79 Å². The summed E-state index contributed by atoms with van der Waals surface area (Å²) in [4.78, 5) is 22.9. The Kier molecular flexibility index (Phi) is 9.27. The van der Waals surface area contributed by atoms with E-state index in [2.05, 4.69) is 20.2 Å². The first kappa shape index (κ1) is 22.7. The zero-order valence-corrected chi connectivity index (χ0v) is 19.1. The number of carbonyl (C=O) groups excluding carboxylic acids is 1. The van der Waals surface area contributed by atoms with Crippen LogP contribution >= 0.6 is 24.0 Å². The number of ether oxygens (including phenoxy) is 2. The number of esters is 1. The van der Waals surface area contributed by atoms with Gasteiger partial charge in [-0.15, -0.1) is 24.0 Å². The van der Waals surface area contributed by atoms with Crippen LogP contribution in [-0.4, -0.2) is 55.2 Å². The average Bonchev–Trinajstić information content (AvgIpc) is 3.53. The summed E-state index contributed by atoms with van der Waals surface area (Å²) in [5.41, 5.74) is 1.06. The second kappa shape index (κ2) is 11.4. The van der Waals surface area contributed by atoms with Gasteiger partial charge in [0.1, 0.15) is 0 Å². The van der Waals surface area contributed by atoms with E-state index in [1.165, 1.54) is 12.8 Å². The highest BCUT2D eigenvalue weighted by atomic mass is 127. The molecule has 0 amide bonds. The van der Waals surface area contributed by atoms with Crippen molar-refractivity contribution in [2.75, 3.05) is 33.4 Å². The van der Waals surface area contributed by atoms with E-state index in [4.69, 9.17) is 9.47 Å². The highest BCUT2D eigenvalue weighted by Crippen LogP contribution is 2.29. The molecule has 1 N–H and O–H groups in total. The van der Waals surface area contributed by atoms with Crippen molar-refractivity contribution in [1.29, 1.82) is 0 Å². The monoisotopic (exact) mass is 502 g/mol. The number of halogens is 1. The van der Waals surface area contributed by atoms with Crippen molar-refractivity contribution in [3.63, 3.8) is 0 Å². The lowest BCUT2D eigenvalue weighted by molar-refractivity contribution is -0.149. The fourth-order valence-electron chi connectivity index (χ4n) is 3.22. The average molecular weight is 502 g/mol. The molecule has 2 aliphatic rings. The van der Waals surface area contributed by atoms with E-state index in [0.717, 1.165) is 43.4 Å². The van der Waals surface area contributed by atoms with Gasteiger partial charge < -0.3 is 19.7 Å². The minimum absolute atomic E-state index is 0. The number of guanidine groups is 1. The molecular weight excluding hydrogens is 471 g/mol. The van der Waals surface area contributed by atoms with Crippen LogP contribution in [0.1, 0.15) is 38.2 Å². The summed E-state index contributed by atoms with van der Waals surface area (Å²) in [5, 5.41) is 3.37. The van der Waals surface area contributed by atoms with Crippen molar-refractivity contribution in [2.24, 2.45) is 16.8 Å². The van der Waals surface area contributed by atoms with Gasteiger partial charge in [-0.2, -0.15) is 0 Å². The number of nitrogens with one attached hydrogen (secondary N) is 1. The molecule has 0 spiro atoms. The Labute approximate surface area is 184 Å². The first-order valence-electron chi connectivity index (χ1n) is 9.89. The number of rotatable bonds is 7. The van der Waals surface area contributed by atoms with E-state index in [1.807, 2.05) is 25.3 Å². The van der Waals surface area contributed by atoms with E-state index in [0.29, 0.717) is 25.6 Å². The summed E-state index contributed by atoms with van der Waals surface area (Å²) in [7, 11) is 1.77. The molecule has 156 valence electrons. The molecule has 7 nitrogen and oxygen atoms in total. The van der Waals surface area contributed by atoms with Gasteiger partial charge in [-0.25, -0.2) is 4.98 Å². The van der Waals surface area contributed by atoms with Crippen molar-refractivity contribution < 1.29 is 14.3 Å². The molecule has 0 bridgehead atoms. The topological polar surface area (TPSA) is 76.0 Å². The summed E-state index contributed by atoms with van der Waals surface area (Å²) < 4.78 is 10.8. The predicted octanol–water partition coefficient (Wildman–Crippen LogP) is 2.84. The minimum atomic E-state index is -0.108. The van der Waals surface area contributed by atoms with Gasteiger partial charge >= 0.3 is 5.97 Å². The van der Waals surface area contributed by atoms with Crippen molar-refractivity contribution >= 4 is 35.9 Å². The van der Waals surface area contributed by atoms with E-state index in [-0.39, 0.29) is 35.9 Å². The quantitative estimate of drug-likeness (QED) is 0.268. The molecule has 1 aliphatic carbocycles. The molecule has 28 heavy (non-hydrogen) atoms. The van der Waals surface area contributed by atoms with Crippen LogP contribution in [-0.2, 0) is 16.1 Å². The minimum Gasteiger partial charge on any atom is -0.477 e. The van der Waals surface area contributed by atoms with E-state index >= 15 is 0 Å². The van der Waals surface area contributed by atoms with Crippen molar-refractivity contribution in [3.8, 4) is 5.88 Å². The molecule has 1 unspecified atom stereocenters. The molecule has 1 atom stereocenters. The maximum atomic E-state index is 12.0. The Hall–Kier alpha value is -1.58. The number of likely N-dealkylation sites (tertiary alicyclic amines) is 1. The summed E-state index contributed by atoms with van der Waals surface area (Å²) in [6, 6.07) is 3.94. The van der Waals surface area contributed by atoms with Crippen LogP contribution in [0.2, 0.25) is 0 Å². The molecule has 3 rings (SSSR count). The Morgan fingerprint density at radius 1 is 1.36 bits per heavy atom. The predicted molar refractivity (Wildman–Crippen MR) is 119 cm³/mol. The summed E-state index contributed by atoms with van der Waals surface area (Å²) >= 11 is 0. The molecule has 0 aromatic carbocycles. The van der Waals surface area contributed by atoms with Crippen LogP contribution in [0, 0.1) is 11.8 Å². The van der Waals surface area contributed by atoms with Gasteiger partial charge in [-0.05, 0) is 44.1 Å². The van der Waals surface area contributed by atoms with Gasteiger partial charge in [0, 0.05) is 38.9 Å². The standard InChI is InChI=1S/C20H30N4O3.HI/c1-3-26-19(25)17-5-4-10-24(13-17)20(21-2)23-12-16-8-9-18(22-11-16)27-14-15-6-7-15;/h8-9,11,15,17H,3-7,10,12-14H2,1-2H3,(H,21,23);1H. The molecule has 1 aliphatic heterocycles. The van der Waals surface area contributed by atoms with Crippen LogP contribution in [0.15, 0.2) is 23.3 Å². The number of hydrogen-bond donors (Lipinski definition) is 1. The molecule has 8 heteroatoms. The summed E-state index contributed by atoms with van der Waals surface area (Å²) in [6.45, 7) is 5.20. The third kappa shape index (κ3) is 6.79. The smallest absolute Gasteiger partial charge is 0.310 e. The molecule has 0 radical (unpaired) electrons. The second-order valence-corrected chi connectivity index (χ2v) is 7.20. The fourth-order valence-corrected chi connectivity index (χ4v) is 3.22. The lowest BCUT2D eigenvalue weighted by Gasteiger charge is -2.33. The van der Waals surface area contributed by atoms with Gasteiger partial charge in [0.25, 0.3) is 0 Å². The molecule has 2 heterocycles. The van der Waals surface area contributed by atoms with Crippen molar-refractivity contribution in [2.45, 2.75) is 39.2 Å². The highest BCUT2D eigenvalue weighted by molar-refractivity contribution is 14.0. The largest absolute Gasteiger partial charge is 0.477 e. The number of carbonyl (C=O) groups is 1. The number of nitrogens with zero attached hydrogens (tertiary/aromatic N) is 3. The van der Waals surface area contributed by atoms with E-state index in [1.54, 1.807) is 7.05 Å². The molecule has 2 fully saturated rings. The van der Waals surface area contributed by atoms with Gasteiger partial charge in [0.15, 0.2) is 5.96 Å². The summed E-state index contributed by atoms with van der Waals surface area (Å²) in [6.07, 6.45) is 6.21. The number of aliphatic imine (C=N–C) groups is 1. The molecule has 1 aromatic rings. The first-order chi connectivity index (χ1) is 13.2. The van der Waals surface area contributed by atoms with Gasteiger partial charge in [0.2, 0.25) is 5.88 Å². The maximum absolute atomic E-state index is 12.0. The maximum Gasteiger partial charge on any atom is 0.310 e. The second-order valence-electron chi connectivity index (χ2n) is 7.20. The number of piperidine rings is 1. The number of pyridine rings is 1. The zero-order valence-electron chi connectivity index (χ0n) is 16.7. The third-order valence-electron chi connectivity index (χ3n) is 4.96. The molecular formula is C20H31IN4O3. The molecule has 1 saturated heterocycles. The third-order valence-corrected chi connectivity index (χ3v) is 4.96. The van der Waals surface area contributed by atoms with Crippen LogP contribution in [0.3, 0.4) is 0 Å².